The largest absolute Gasteiger partial charge is 0.467 e. The number of nitrogens with one attached hydrogen (secondary N) is 1. The predicted molar refractivity (Wildman–Crippen MR) is 102 cm³/mol. The van der Waals surface area contributed by atoms with Gasteiger partial charge in [0.1, 0.15) is 11.9 Å². The van der Waals surface area contributed by atoms with Crippen LogP contribution in [0.4, 0.5) is 0 Å². The molecule has 1 aromatic heterocycles. The predicted octanol–water partition coefficient (Wildman–Crippen LogP) is 3.02. The van der Waals surface area contributed by atoms with E-state index in [9.17, 15) is 5.11 Å². The second-order valence-corrected chi connectivity index (χ2v) is 6.44. The van der Waals surface area contributed by atoms with E-state index in [1.165, 1.54) is 25.7 Å². The molecule has 23 heavy (non-hydrogen) atoms. The van der Waals surface area contributed by atoms with Crippen LogP contribution in [0.25, 0.3) is 0 Å². The van der Waals surface area contributed by atoms with E-state index in [1.807, 2.05) is 0 Å². The molecule has 1 aromatic rings. The molecule has 0 aromatic carbocycles. The first-order chi connectivity index (χ1) is 10.8. The summed E-state index contributed by atoms with van der Waals surface area (Å²) in [6.07, 6.45) is 6.37. The monoisotopic (exact) mass is 433 g/mol. The Morgan fingerprint density at radius 2 is 2.09 bits per heavy atom. The summed E-state index contributed by atoms with van der Waals surface area (Å²) in [5.74, 6) is 3.16. The smallest absolute Gasteiger partial charge is 0.194 e. The Hall–Kier alpha value is -0.760. The first-order valence-electron chi connectivity index (χ1n) is 8.52. The van der Waals surface area contributed by atoms with Crippen LogP contribution in [0.5, 0.6) is 0 Å². The molecular formula is C17H28IN3O2. The van der Waals surface area contributed by atoms with Crippen LogP contribution >= 0.6 is 24.0 Å². The lowest BCUT2D eigenvalue weighted by Crippen LogP contribution is -2.40. The molecule has 6 heteroatoms. The number of halogens is 1. The molecule has 2 fully saturated rings. The van der Waals surface area contributed by atoms with E-state index in [0.717, 1.165) is 37.4 Å². The van der Waals surface area contributed by atoms with Crippen LogP contribution in [0.1, 0.15) is 44.5 Å². The summed E-state index contributed by atoms with van der Waals surface area (Å²) in [6, 6.07) is 3.58. The summed E-state index contributed by atoms with van der Waals surface area (Å²) in [5.41, 5.74) is 0. The quantitative estimate of drug-likeness (QED) is 0.436. The normalized spacial score (nSPS) is 25.7. The van der Waals surface area contributed by atoms with Gasteiger partial charge in [-0.2, -0.15) is 0 Å². The molecule has 0 spiro atoms. The van der Waals surface area contributed by atoms with Crippen LogP contribution in [0.15, 0.2) is 27.8 Å². The Balaban J connectivity index is 0.00000192. The van der Waals surface area contributed by atoms with E-state index in [2.05, 4.69) is 22.1 Å². The van der Waals surface area contributed by atoms with E-state index in [-0.39, 0.29) is 24.0 Å². The maximum absolute atomic E-state index is 10.1. The third-order valence-corrected chi connectivity index (χ3v) is 4.90. The van der Waals surface area contributed by atoms with Crippen LogP contribution in [0, 0.1) is 11.8 Å². The van der Waals surface area contributed by atoms with Crippen molar-refractivity contribution in [3.05, 3.63) is 24.2 Å². The average Bonchev–Trinajstić information content (AvgIpc) is 3.19. The van der Waals surface area contributed by atoms with Gasteiger partial charge in [-0.15, -0.1) is 24.0 Å². The molecule has 3 atom stereocenters. The highest BCUT2D eigenvalue weighted by Gasteiger charge is 2.35. The number of likely N-dealkylation sites (tertiary alicyclic amines) is 1. The summed E-state index contributed by atoms with van der Waals surface area (Å²) in [7, 11) is 0. The third kappa shape index (κ3) is 4.62. The van der Waals surface area contributed by atoms with Gasteiger partial charge in [0.05, 0.1) is 12.8 Å². The number of hydrogen-bond donors (Lipinski definition) is 2. The van der Waals surface area contributed by atoms with Gasteiger partial charge >= 0.3 is 0 Å². The van der Waals surface area contributed by atoms with Gasteiger partial charge in [-0.25, -0.2) is 4.99 Å². The van der Waals surface area contributed by atoms with Gasteiger partial charge in [-0.3, -0.25) is 0 Å². The molecule has 1 aliphatic heterocycles. The molecule has 2 N–H and O–H groups in total. The summed E-state index contributed by atoms with van der Waals surface area (Å²) in [4.78, 5) is 7.00. The molecule has 0 radical (unpaired) electrons. The molecule has 1 saturated heterocycles. The molecule has 0 amide bonds. The number of aliphatic hydroxyl groups excluding tert-OH is 1. The Kier molecular flexibility index (Phi) is 7.20. The van der Waals surface area contributed by atoms with Gasteiger partial charge in [0, 0.05) is 19.6 Å². The van der Waals surface area contributed by atoms with Gasteiger partial charge in [0.2, 0.25) is 0 Å². The first-order valence-corrected chi connectivity index (χ1v) is 8.52. The number of aliphatic hydroxyl groups is 1. The van der Waals surface area contributed by atoms with Gasteiger partial charge in [0.15, 0.2) is 5.96 Å². The number of hydrogen-bond acceptors (Lipinski definition) is 3. The fourth-order valence-corrected chi connectivity index (χ4v) is 3.75. The minimum Gasteiger partial charge on any atom is -0.467 e. The zero-order chi connectivity index (χ0) is 15.4. The highest BCUT2D eigenvalue weighted by Crippen LogP contribution is 2.36. The Morgan fingerprint density at radius 3 is 2.65 bits per heavy atom. The van der Waals surface area contributed by atoms with E-state index in [0.29, 0.717) is 12.3 Å². The molecule has 1 saturated carbocycles. The van der Waals surface area contributed by atoms with Gasteiger partial charge in [-0.1, -0.05) is 12.8 Å². The number of aliphatic imine (C=N–C) groups is 1. The highest BCUT2D eigenvalue weighted by molar-refractivity contribution is 14.0. The molecular weight excluding hydrogens is 405 g/mol. The minimum absolute atomic E-state index is 0. The van der Waals surface area contributed by atoms with Crippen molar-refractivity contribution >= 4 is 29.9 Å². The maximum atomic E-state index is 10.1. The van der Waals surface area contributed by atoms with E-state index in [4.69, 9.17) is 4.42 Å². The SMILES string of the molecule is CCNC(=NCC(O)c1ccco1)N1CC2CCCCC2C1.I. The minimum atomic E-state index is -0.673. The number of fused-ring (bicyclic) bond motifs is 1. The number of nitrogens with zero attached hydrogens (tertiary/aromatic N) is 2. The number of guanidine groups is 1. The van der Waals surface area contributed by atoms with Crippen LogP contribution < -0.4 is 5.32 Å². The topological polar surface area (TPSA) is 61.0 Å². The molecule has 1 aliphatic carbocycles. The summed E-state index contributed by atoms with van der Waals surface area (Å²) >= 11 is 0. The molecule has 2 aliphatic rings. The molecule has 3 rings (SSSR count). The van der Waals surface area contributed by atoms with Crippen LogP contribution in [-0.2, 0) is 0 Å². The van der Waals surface area contributed by atoms with Crippen LogP contribution in [0.3, 0.4) is 0 Å². The highest BCUT2D eigenvalue weighted by atomic mass is 127. The Labute approximate surface area is 155 Å². The third-order valence-electron chi connectivity index (χ3n) is 4.90. The van der Waals surface area contributed by atoms with E-state index >= 15 is 0 Å². The van der Waals surface area contributed by atoms with Crippen molar-refractivity contribution in [2.45, 2.75) is 38.7 Å². The first kappa shape index (κ1) is 18.6. The lowest BCUT2D eigenvalue weighted by Gasteiger charge is -2.22. The molecule has 3 unspecified atom stereocenters. The fraction of sp³-hybridized carbons (Fsp3) is 0.706. The Morgan fingerprint density at radius 1 is 1.39 bits per heavy atom. The van der Waals surface area contributed by atoms with Crippen molar-refractivity contribution in [1.29, 1.82) is 0 Å². The van der Waals surface area contributed by atoms with Crippen LogP contribution in [0.2, 0.25) is 0 Å². The number of furan rings is 1. The summed E-state index contributed by atoms with van der Waals surface area (Å²) < 4.78 is 5.24. The second kappa shape index (κ2) is 8.92. The lowest BCUT2D eigenvalue weighted by molar-refractivity contribution is 0.158. The number of rotatable bonds is 4. The van der Waals surface area contributed by atoms with Gasteiger partial charge in [-0.05, 0) is 43.7 Å². The average molecular weight is 433 g/mol. The van der Waals surface area contributed by atoms with Gasteiger partial charge < -0.3 is 19.7 Å². The van der Waals surface area contributed by atoms with E-state index < -0.39 is 6.10 Å². The molecule has 5 nitrogen and oxygen atoms in total. The second-order valence-electron chi connectivity index (χ2n) is 6.44. The van der Waals surface area contributed by atoms with Crippen molar-refractivity contribution in [1.82, 2.24) is 10.2 Å². The summed E-state index contributed by atoms with van der Waals surface area (Å²) in [5, 5.41) is 13.5. The van der Waals surface area contributed by atoms with Crippen molar-refractivity contribution in [2.24, 2.45) is 16.8 Å². The van der Waals surface area contributed by atoms with Crippen molar-refractivity contribution in [3.8, 4) is 0 Å². The lowest BCUT2D eigenvalue weighted by atomic mass is 9.82. The van der Waals surface area contributed by atoms with E-state index in [1.54, 1.807) is 18.4 Å². The van der Waals surface area contributed by atoms with Crippen molar-refractivity contribution in [2.75, 3.05) is 26.2 Å². The molecule has 130 valence electrons. The molecule has 2 heterocycles. The fourth-order valence-electron chi connectivity index (χ4n) is 3.75. The zero-order valence-electron chi connectivity index (χ0n) is 13.8. The van der Waals surface area contributed by atoms with Crippen molar-refractivity contribution < 1.29 is 9.52 Å². The summed E-state index contributed by atoms with van der Waals surface area (Å²) in [6.45, 7) is 5.48. The zero-order valence-corrected chi connectivity index (χ0v) is 16.1. The standard InChI is InChI=1S/C17H27N3O2.HI/c1-2-18-17(19-10-15(21)16-8-5-9-22-16)20-11-13-6-3-4-7-14(13)12-20;/h5,8-9,13-15,21H,2-4,6-7,10-12H2,1H3,(H,18,19);1H. The Bertz CT molecular complexity index is 478. The van der Waals surface area contributed by atoms with Crippen molar-refractivity contribution in [3.63, 3.8) is 0 Å². The van der Waals surface area contributed by atoms with Crippen LogP contribution in [-0.4, -0.2) is 42.1 Å². The molecule has 0 bridgehead atoms. The van der Waals surface area contributed by atoms with Gasteiger partial charge in [0.25, 0.3) is 0 Å². The maximum Gasteiger partial charge on any atom is 0.194 e.